The van der Waals surface area contributed by atoms with Crippen molar-refractivity contribution in [2.75, 3.05) is 12.4 Å². The van der Waals surface area contributed by atoms with E-state index in [4.69, 9.17) is 16.3 Å². The number of aryl methyl sites for hydroxylation is 1. The van der Waals surface area contributed by atoms with Crippen LogP contribution in [-0.4, -0.2) is 7.11 Å². The molecule has 2 rings (SSSR count). The highest BCUT2D eigenvalue weighted by atomic mass is 35.5. The van der Waals surface area contributed by atoms with Crippen molar-refractivity contribution in [3.05, 3.63) is 45.1 Å². The molecule has 0 aliphatic carbocycles. The summed E-state index contributed by atoms with van der Waals surface area (Å²) in [6, 6.07) is 8.32. The third-order valence-electron chi connectivity index (χ3n) is 2.82. The molecule has 0 radical (unpaired) electrons. The molecule has 0 amide bonds. The SMILES string of the molecule is COc1cc(C)ccc1NC(C)c1csc(Cl)c1. The summed E-state index contributed by atoms with van der Waals surface area (Å²) in [5, 5.41) is 5.51. The summed E-state index contributed by atoms with van der Waals surface area (Å²) < 4.78 is 6.20. The zero-order valence-electron chi connectivity index (χ0n) is 10.7. The van der Waals surface area contributed by atoms with Crippen LogP contribution in [0, 0.1) is 6.92 Å². The summed E-state index contributed by atoms with van der Waals surface area (Å²) in [6.45, 7) is 4.16. The minimum Gasteiger partial charge on any atom is -0.495 e. The number of thiophene rings is 1. The molecule has 0 spiro atoms. The van der Waals surface area contributed by atoms with Crippen molar-refractivity contribution in [3.63, 3.8) is 0 Å². The van der Waals surface area contributed by atoms with E-state index in [1.54, 1.807) is 18.4 Å². The molecule has 1 aromatic carbocycles. The van der Waals surface area contributed by atoms with Gasteiger partial charge in [0.05, 0.1) is 17.1 Å². The van der Waals surface area contributed by atoms with E-state index < -0.39 is 0 Å². The molecule has 2 aromatic rings. The molecule has 1 atom stereocenters. The zero-order valence-corrected chi connectivity index (χ0v) is 12.2. The Labute approximate surface area is 117 Å². The maximum absolute atomic E-state index is 5.95. The highest BCUT2D eigenvalue weighted by Gasteiger charge is 2.10. The number of ether oxygens (including phenoxy) is 1. The van der Waals surface area contributed by atoms with Crippen LogP contribution in [0.25, 0.3) is 0 Å². The molecule has 1 aromatic heterocycles. The van der Waals surface area contributed by atoms with Crippen molar-refractivity contribution in [2.24, 2.45) is 0 Å². The van der Waals surface area contributed by atoms with Crippen LogP contribution in [0.5, 0.6) is 5.75 Å². The Kier molecular flexibility index (Phi) is 4.15. The standard InChI is InChI=1S/C14H16ClNOS/c1-9-4-5-12(13(6-9)17-3)16-10(2)11-7-14(15)18-8-11/h4-8,10,16H,1-3H3. The molecule has 0 saturated carbocycles. The summed E-state index contributed by atoms with van der Waals surface area (Å²) in [5.74, 6) is 0.864. The molecule has 0 fully saturated rings. The van der Waals surface area contributed by atoms with Gasteiger partial charge in [-0.05, 0) is 48.6 Å². The Morgan fingerprint density at radius 2 is 2.11 bits per heavy atom. The van der Waals surface area contributed by atoms with Gasteiger partial charge in [0, 0.05) is 6.04 Å². The third-order valence-corrected chi connectivity index (χ3v) is 3.93. The van der Waals surface area contributed by atoms with Crippen LogP contribution >= 0.6 is 22.9 Å². The van der Waals surface area contributed by atoms with E-state index in [0.717, 1.165) is 15.8 Å². The minimum absolute atomic E-state index is 0.199. The van der Waals surface area contributed by atoms with Gasteiger partial charge < -0.3 is 10.1 Å². The lowest BCUT2D eigenvalue weighted by atomic mass is 10.1. The van der Waals surface area contributed by atoms with Gasteiger partial charge in [-0.2, -0.15) is 0 Å². The maximum atomic E-state index is 5.95. The van der Waals surface area contributed by atoms with Crippen molar-refractivity contribution in [1.29, 1.82) is 0 Å². The molecule has 1 N–H and O–H groups in total. The normalized spacial score (nSPS) is 12.2. The van der Waals surface area contributed by atoms with Crippen molar-refractivity contribution < 1.29 is 4.74 Å². The predicted molar refractivity (Wildman–Crippen MR) is 79.1 cm³/mol. The van der Waals surface area contributed by atoms with E-state index in [1.807, 2.05) is 25.1 Å². The molecule has 96 valence electrons. The second kappa shape index (κ2) is 5.63. The van der Waals surface area contributed by atoms with Crippen LogP contribution in [-0.2, 0) is 0 Å². The second-order valence-corrected chi connectivity index (χ2v) is 5.80. The number of benzene rings is 1. The molecule has 4 heteroatoms. The minimum atomic E-state index is 0.199. The van der Waals surface area contributed by atoms with E-state index in [1.165, 1.54) is 11.1 Å². The summed E-state index contributed by atoms with van der Waals surface area (Å²) in [6.07, 6.45) is 0. The summed E-state index contributed by atoms with van der Waals surface area (Å²) >= 11 is 7.50. The smallest absolute Gasteiger partial charge is 0.142 e. The first-order chi connectivity index (χ1) is 8.60. The number of nitrogens with one attached hydrogen (secondary N) is 1. The van der Waals surface area contributed by atoms with Crippen LogP contribution in [0.2, 0.25) is 4.34 Å². The van der Waals surface area contributed by atoms with Crippen molar-refractivity contribution in [2.45, 2.75) is 19.9 Å². The van der Waals surface area contributed by atoms with Crippen molar-refractivity contribution in [3.8, 4) is 5.75 Å². The highest BCUT2D eigenvalue weighted by molar-refractivity contribution is 7.14. The monoisotopic (exact) mass is 281 g/mol. The number of hydrogen-bond donors (Lipinski definition) is 1. The van der Waals surface area contributed by atoms with Gasteiger partial charge in [0.2, 0.25) is 0 Å². The molecule has 0 aliphatic rings. The first-order valence-corrected chi connectivity index (χ1v) is 7.01. The maximum Gasteiger partial charge on any atom is 0.142 e. The van der Waals surface area contributed by atoms with Gasteiger partial charge >= 0.3 is 0 Å². The average Bonchev–Trinajstić information content (AvgIpc) is 2.78. The molecule has 2 nitrogen and oxygen atoms in total. The number of methoxy groups -OCH3 is 1. The Balaban J connectivity index is 2.18. The summed E-state index contributed by atoms with van der Waals surface area (Å²) in [7, 11) is 1.69. The lowest BCUT2D eigenvalue weighted by Crippen LogP contribution is -2.06. The summed E-state index contributed by atoms with van der Waals surface area (Å²) in [4.78, 5) is 0. The van der Waals surface area contributed by atoms with E-state index in [0.29, 0.717) is 0 Å². The Hall–Kier alpha value is -1.19. The van der Waals surface area contributed by atoms with Crippen LogP contribution < -0.4 is 10.1 Å². The van der Waals surface area contributed by atoms with Gasteiger partial charge in [-0.3, -0.25) is 0 Å². The molecule has 0 aliphatic heterocycles. The lowest BCUT2D eigenvalue weighted by molar-refractivity contribution is 0.416. The zero-order chi connectivity index (χ0) is 13.1. The van der Waals surface area contributed by atoms with Gasteiger partial charge in [0.1, 0.15) is 5.75 Å². The van der Waals surface area contributed by atoms with E-state index in [9.17, 15) is 0 Å². The number of rotatable bonds is 4. The van der Waals surface area contributed by atoms with Crippen LogP contribution in [0.3, 0.4) is 0 Å². The first-order valence-electron chi connectivity index (χ1n) is 5.75. The van der Waals surface area contributed by atoms with Crippen LogP contribution in [0.15, 0.2) is 29.6 Å². The van der Waals surface area contributed by atoms with Crippen LogP contribution in [0.1, 0.15) is 24.1 Å². The molecular formula is C14H16ClNOS. The molecule has 0 saturated heterocycles. The quantitative estimate of drug-likeness (QED) is 0.861. The van der Waals surface area contributed by atoms with Crippen molar-refractivity contribution in [1.82, 2.24) is 0 Å². The molecular weight excluding hydrogens is 266 g/mol. The van der Waals surface area contributed by atoms with Gasteiger partial charge in [-0.1, -0.05) is 17.7 Å². The van der Waals surface area contributed by atoms with E-state index >= 15 is 0 Å². The predicted octanol–water partition coefficient (Wildman–Crippen LogP) is 4.89. The van der Waals surface area contributed by atoms with Crippen LogP contribution in [0.4, 0.5) is 5.69 Å². The van der Waals surface area contributed by atoms with Gasteiger partial charge in [-0.25, -0.2) is 0 Å². The molecule has 0 bridgehead atoms. The number of anilines is 1. The number of hydrogen-bond acceptors (Lipinski definition) is 3. The van der Waals surface area contributed by atoms with Gasteiger partial charge in [-0.15, -0.1) is 11.3 Å². The first kappa shape index (κ1) is 13.2. The Morgan fingerprint density at radius 3 is 2.72 bits per heavy atom. The molecule has 18 heavy (non-hydrogen) atoms. The number of halogens is 1. The Morgan fingerprint density at radius 1 is 1.33 bits per heavy atom. The van der Waals surface area contributed by atoms with Crippen molar-refractivity contribution >= 4 is 28.6 Å². The highest BCUT2D eigenvalue weighted by Crippen LogP contribution is 2.31. The van der Waals surface area contributed by atoms with Gasteiger partial charge in [0.15, 0.2) is 0 Å². The second-order valence-electron chi connectivity index (χ2n) is 4.25. The Bertz CT molecular complexity index is 538. The lowest BCUT2D eigenvalue weighted by Gasteiger charge is -2.17. The largest absolute Gasteiger partial charge is 0.495 e. The molecule has 1 heterocycles. The summed E-state index contributed by atoms with van der Waals surface area (Å²) in [5.41, 5.74) is 3.37. The van der Waals surface area contributed by atoms with E-state index in [2.05, 4.69) is 23.7 Å². The van der Waals surface area contributed by atoms with Gasteiger partial charge in [0.25, 0.3) is 0 Å². The third kappa shape index (κ3) is 2.98. The molecule has 1 unspecified atom stereocenters. The average molecular weight is 282 g/mol. The fraction of sp³-hybridized carbons (Fsp3) is 0.286. The van der Waals surface area contributed by atoms with E-state index in [-0.39, 0.29) is 6.04 Å². The fourth-order valence-electron chi connectivity index (χ4n) is 1.78. The fourth-order valence-corrected chi connectivity index (χ4v) is 2.77. The topological polar surface area (TPSA) is 21.3 Å².